The van der Waals surface area contributed by atoms with Crippen LogP contribution < -0.4 is 4.90 Å². The SMILES string of the molecule is CCOC(=O)CN(C)c1cccc(C#N)c1[N+](=O)[O-]. The van der Waals surface area contributed by atoms with Crippen molar-refractivity contribution in [2.75, 3.05) is 25.1 Å². The molecule has 0 saturated heterocycles. The van der Waals surface area contributed by atoms with Gasteiger partial charge in [-0.1, -0.05) is 6.07 Å². The summed E-state index contributed by atoms with van der Waals surface area (Å²) in [4.78, 5) is 23.1. The third-order valence-corrected chi connectivity index (χ3v) is 2.40. The third kappa shape index (κ3) is 3.42. The topological polar surface area (TPSA) is 96.5 Å². The first-order valence-electron chi connectivity index (χ1n) is 5.55. The molecule has 0 aliphatic heterocycles. The van der Waals surface area contributed by atoms with Crippen molar-refractivity contribution in [3.63, 3.8) is 0 Å². The van der Waals surface area contributed by atoms with Crippen LogP contribution in [0.25, 0.3) is 0 Å². The highest BCUT2D eigenvalue weighted by molar-refractivity contribution is 5.78. The Balaban J connectivity index is 3.10. The number of hydrogen-bond donors (Lipinski definition) is 0. The number of para-hydroxylation sites is 1. The van der Waals surface area contributed by atoms with Gasteiger partial charge >= 0.3 is 11.7 Å². The number of hydrogen-bond acceptors (Lipinski definition) is 6. The molecule has 1 aromatic carbocycles. The van der Waals surface area contributed by atoms with Crippen LogP contribution in [0, 0.1) is 21.4 Å². The van der Waals surface area contributed by atoms with Crippen molar-refractivity contribution in [2.45, 2.75) is 6.92 Å². The maximum Gasteiger partial charge on any atom is 0.325 e. The molecule has 7 heteroatoms. The Morgan fingerprint density at radius 3 is 2.79 bits per heavy atom. The fraction of sp³-hybridized carbons (Fsp3) is 0.333. The van der Waals surface area contributed by atoms with Gasteiger partial charge in [0.2, 0.25) is 0 Å². The van der Waals surface area contributed by atoms with Crippen molar-refractivity contribution in [1.29, 1.82) is 5.26 Å². The van der Waals surface area contributed by atoms with Crippen molar-refractivity contribution in [3.05, 3.63) is 33.9 Å². The molecule has 0 N–H and O–H groups in total. The molecule has 0 fully saturated rings. The molecule has 0 amide bonds. The largest absolute Gasteiger partial charge is 0.465 e. The summed E-state index contributed by atoms with van der Waals surface area (Å²) in [6.45, 7) is 1.80. The van der Waals surface area contributed by atoms with Gasteiger partial charge in [-0.05, 0) is 19.1 Å². The van der Waals surface area contributed by atoms with Gasteiger partial charge in [0.05, 0.1) is 11.5 Å². The van der Waals surface area contributed by atoms with Gasteiger partial charge in [-0.15, -0.1) is 0 Å². The summed E-state index contributed by atoms with van der Waals surface area (Å²) in [5, 5.41) is 19.9. The molecule has 0 heterocycles. The van der Waals surface area contributed by atoms with Gasteiger partial charge in [-0.2, -0.15) is 5.26 Å². The molecule has 0 aliphatic rings. The fourth-order valence-electron chi connectivity index (χ4n) is 1.61. The second kappa shape index (κ2) is 6.35. The summed E-state index contributed by atoms with van der Waals surface area (Å²) in [6, 6.07) is 6.14. The molecule has 0 spiro atoms. The summed E-state index contributed by atoms with van der Waals surface area (Å²) in [5.41, 5.74) is -0.146. The lowest BCUT2D eigenvalue weighted by Gasteiger charge is -2.18. The standard InChI is InChI=1S/C12H13N3O4/c1-3-19-11(16)8-14(2)10-6-4-5-9(7-13)12(10)15(17)18/h4-6H,3,8H2,1-2H3. The van der Waals surface area contributed by atoms with Crippen molar-refractivity contribution >= 4 is 17.3 Å². The van der Waals surface area contributed by atoms with E-state index >= 15 is 0 Å². The number of ether oxygens (including phenoxy) is 1. The number of nitriles is 1. The van der Waals surface area contributed by atoms with Crippen LogP contribution >= 0.6 is 0 Å². The Bertz CT molecular complexity index is 536. The Kier molecular flexibility index (Phi) is 4.83. The summed E-state index contributed by atoms with van der Waals surface area (Å²) in [5.74, 6) is -0.485. The van der Waals surface area contributed by atoms with Gasteiger partial charge < -0.3 is 9.64 Å². The van der Waals surface area contributed by atoms with Crippen molar-refractivity contribution in [2.24, 2.45) is 0 Å². The molecule has 0 unspecified atom stereocenters. The molecule has 0 radical (unpaired) electrons. The van der Waals surface area contributed by atoms with Gasteiger partial charge in [-0.3, -0.25) is 14.9 Å². The minimum atomic E-state index is -0.629. The zero-order valence-electron chi connectivity index (χ0n) is 10.6. The molecule has 0 saturated carbocycles. The lowest BCUT2D eigenvalue weighted by atomic mass is 10.1. The van der Waals surface area contributed by atoms with Crippen LogP contribution in [0.3, 0.4) is 0 Å². The van der Waals surface area contributed by atoms with Crippen molar-refractivity contribution in [1.82, 2.24) is 0 Å². The van der Waals surface area contributed by atoms with E-state index in [1.165, 1.54) is 30.1 Å². The van der Waals surface area contributed by atoms with E-state index in [0.717, 1.165) is 0 Å². The molecule has 1 rings (SSSR count). The number of rotatable bonds is 5. The molecular weight excluding hydrogens is 250 g/mol. The molecule has 0 bridgehead atoms. The highest BCUT2D eigenvalue weighted by Gasteiger charge is 2.23. The predicted octanol–water partition coefficient (Wildman–Crippen LogP) is 1.47. The smallest absolute Gasteiger partial charge is 0.325 e. The summed E-state index contributed by atoms with van der Waals surface area (Å²) in [7, 11) is 1.53. The predicted molar refractivity (Wildman–Crippen MR) is 67.7 cm³/mol. The third-order valence-electron chi connectivity index (χ3n) is 2.40. The molecular formula is C12H13N3O4. The van der Waals surface area contributed by atoms with Gasteiger partial charge in [-0.25, -0.2) is 0 Å². The Labute approximate surface area is 110 Å². The number of carbonyl (C=O) groups excluding carboxylic acids is 1. The molecule has 7 nitrogen and oxygen atoms in total. The van der Waals surface area contributed by atoms with Crippen LogP contribution in [0.15, 0.2) is 18.2 Å². The maximum absolute atomic E-state index is 11.4. The number of nitrogens with zero attached hydrogens (tertiary/aromatic N) is 3. The molecule has 0 aromatic heterocycles. The van der Waals surface area contributed by atoms with Crippen LogP contribution in [-0.4, -0.2) is 31.1 Å². The zero-order valence-corrected chi connectivity index (χ0v) is 10.6. The second-order valence-electron chi connectivity index (χ2n) is 3.70. The van der Waals surface area contributed by atoms with Crippen LogP contribution in [0.1, 0.15) is 12.5 Å². The maximum atomic E-state index is 11.4. The highest BCUT2D eigenvalue weighted by atomic mass is 16.6. The first-order valence-corrected chi connectivity index (χ1v) is 5.55. The minimum absolute atomic E-state index is 0.0433. The number of esters is 1. The molecule has 0 atom stereocenters. The number of nitro benzene ring substituents is 1. The Morgan fingerprint density at radius 1 is 1.58 bits per heavy atom. The highest BCUT2D eigenvalue weighted by Crippen LogP contribution is 2.30. The second-order valence-corrected chi connectivity index (χ2v) is 3.70. The van der Waals surface area contributed by atoms with E-state index in [-0.39, 0.29) is 30.1 Å². The van der Waals surface area contributed by atoms with E-state index < -0.39 is 10.9 Å². The quantitative estimate of drug-likeness (QED) is 0.453. The van der Waals surface area contributed by atoms with Crippen LogP contribution in [0.5, 0.6) is 0 Å². The van der Waals surface area contributed by atoms with E-state index in [1.54, 1.807) is 13.0 Å². The lowest BCUT2D eigenvalue weighted by molar-refractivity contribution is -0.384. The Hall–Kier alpha value is -2.62. The summed E-state index contributed by atoms with van der Waals surface area (Å²) < 4.78 is 4.78. The van der Waals surface area contributed by atoms with Gasteiger partial charge in [0.1, 0.15) is 23.9 Å². The lowest BCUT2D eigenvalue weighted by Crippen LogP contribution is -2.27. The molecule has 100 valence electrons. The average Bonchev–Trinajstić information content (AvgIpc) is 2.37. The number of likely N-dealkylation sites (N-methyl/N-ethyl adjacent to an activating group) is 1. The normalized spacial score (nSPS) is 9.53. The van der Waals surface area contributed by atoms with Crippen molar-refractivity contribution < 1.29 is 14.5 Å². The van der Waals surface area contributed by atoms with Gasteiger partial charge in [0.25, 0.3) is 0 Å². The zero-order chi connectivity index (χ0) is 14.4. The van der Waals surface area contributed by atoms with E-state index in [9.17, 15) is 14.9 Å². The van der Waals surface area contributed by atoms with Crippen LogP contribution in [-0.2, 0) is 9.53 Å². The monoisotopic (exact) mass is 263 g/mol. The number of benzene rings is 1. The first kappa shape index (κ1) is 14.4. The number of nitro groups is 1. The van der Waals surface area contributed by atoms with Gasteiger partial charge in [0, 0.05) is 7.05 Å². The van der Waals surface area contributed by atoms with E-state index in [2.05, 4.69) is 0 Å². The van der Waals surface area contributed by atoms with Crippen LogP contribution in [0.2, 0.25) is 0 Å². The van der Waals surface area contributed by atoms with Crippen LogP contribution in [0.4, 0.5) is 11.4 Å². The molecule has 19 heavy (non-hydrogen) atoms. The molecule has 1 aromatic rings. The van der Waals surface area contributed by atoms with E-state index in [0.29, 0.717) is 0 Å². The van der Waals surface area contributed by atoms with Gasteiger partial charge in [0.15, 0.2) is 0 Å². The minimum Gasteiger partial charge on any atom is -0.465 e. The fourth-order valence-corrected chi connectivity index (χ4v) is 1.61. The number of anilines is 1. The average molecular weight is 263 g/mol. The van der Waals surface area contributed by atoms with Crippen molar-refractivity contribution in [3.8, 4) is 6.07 Å². The summed E-state index contributed by atoms with van der Waals surface area (Å²) in [6.07, 6.45) is 0. The summed E-state index contributed by atoms with van der Waals surface area (Å²) >= 11 is 0. The molecule has 0 aliphatic carbocycles. The van der Waals surface area contributed by atoms with E-state index in [1.807, 2.05) is 0 Å². The number of carbonyl (C=O) groups is 1. The first-order chi connectivity index (χ1) is 9.01. The Morgan fingerprint density at radius 2 is 2.26 bits per heavy atom. The van der Waals surface area contributed by atoms with E-state index in [4.69, 9.17) is 10.00 Å².